The highest BCUT2D eigenvalue weighted by Crippen LogP contribution is 2.28. The number of ketones is 1. The minimum absolute atomic E-state index is 0.0586. The number of carbonyl (C=O) groups is 2. The van der Waals surface area contributed by atoms with E-state index in [-0.39, 0.29) is 24.5 Å². The molecule has 1 aliphatic rings. The number of likely N-dealkylation sites (tertiary alicyclic amines) is 1. The van der Waals surface area contributed by atoms with Gasteiger partial charge in [-0.05, 0) is 67.7 Å². The van der Waals surface area contributed by atoms with E-state index in [1.807, 2.05) is 6.07 Å². The van der Waals surface area contributed by atoms with Crippen LogP contribution in [0.3, 0.4) is 0 Å². The normalized spacial score (nSPS) is 15.0. The van der Waals surface area contributed by atoms with Crippen LogP contribution in [0.2, 0.25) is 5.02 Å². The van der Waals surface area contributed by atoms with Crippen molar-refractivity contribution >= 4 is 50.0 Å². The third-order valence-electron chi connectivity index (χ3n) is 6.02. The number of aromatic nitrogens is 1. The Bertz CT molecular complexity index is 1160. The van der Waals surface area contributed by atoms with Gasteiger partial charge in [0.05, 0.1) is 22.9 Å². The molecular formula is C25H28ClN3O3S. The fourth-order valence-corrected chi connectivity index (χ4v) is 5.16. The number of nitrogens with one attached hydrogen (secondary N) is 1. The molecule has 0 atom stereocenters. The predicted molar refractivity (Wildman–Crippen MR) is 133 cm³/mol. The zero-order valence-corrected chi connectivity index (χ0v) is 20.5. The van der Waals surface area contributed by atoms with Crippen LogP contribution in [0.15, 0.2) is 36.4 Å². The van der Waals surface area contributed by atoms with Crippen molar-refractivity contribution in [2.24, 2.45) is 5.92 Å². The van der Waals surface area contributed by atoms with E-state index in [4.69, 9.17) is 16.3 Å². The van der Waals surface area contributed by atoms with Crippen LogP contribution in [-0.2, 0) is 11.3 Å². The van der Waals surface area contributed by atoms with Crippen molar-refractivity contribution in [3.8, 4) is 5.75 Å². The lowest BCUT2D eigenvalue weighted by atomic mass is 9.99. The first-order chi connectivity index (χ1) is 15.9. The lowest BCUT2D eigenvalue weighted by Crippen LogP contribution is -2.32. The van der Waals surface area contributed by atoms with Crippen molar-refractivity contribution in [2.75, 3.05) is 25.5 Å². The number of nitrogens with zero attached hydrogens (tertiary/aromatic N) is 2. The van der Waals surface area contributed by atoms with E-state index in [1.165, 1.54) is 36.9 Å². The number of ether oxygens (including phenoxy) is 1. The van der Waals surface area contributed by atoms with E-state index in [1.54, 1.807) is 18.2 Å². The van der Waals surface area contributed by atoms with Gasteiger partial charge in [0.15, 0.2) is 10.9 Å². The summed E-state index contributed by atoms with van der Waals surface area (Å²) in [4.78, 5) is 32.0. The number of anilines is 1. The van der Waals surface area contributed by atoms with Crippen LogP contribution >= 0.6 is 22.9 Å². The van der Waals surface area contributed by atoms with Crippen molar-refractivity contribution in [2.45, 2.75) is 39.2 Å². The van der Waals surface area contributed by atoms with Gasteiger partial charge in [0.2, 0.25) is 5.91 Å². The SMILES string of the molecule is COc1ccc(Cl)cc1C(=O)CCC(=O)Nc1nc2ccc(CN3CCC(C)CC3)cc2s1. The Hall–Kier alpha value is -2.48. The monoisotopic (exact) mass is 485 g/mol. The Morgan fingerprint density at radius 3 is 2.73 bits per heavy atom. The molecule has 1 aliphatic heterocycles. The molecule has 3 aromatic rings. The summed E-state index contributed by atoms with van der Waals surface area (Å²) in [6.45, 7) is 5.55. The molecule has 4 rings (SSSR count). The average Bonchev–Trinajstić information content (AvgIpc) is 3.20. The van der Waals surface area contributed by atoms with Crippen LogP contribution in [0.5, 0.6) is 5.75 Å². The lowest BCUT2D eigenvalue weighted by molar-refractivity contribution is -0.116. The number of piperidine rings is 1. The molecule has 1 N–H and O–H groups in total. The van der Waals surface area contributed by atoms with Gasteiger partial charge in [0.1, 0.15) is 5.75 Å². The summed E-state index contributed by atoms with van der Waals surface area (Å²) >= 11 is 7.46. The Labute approximate surface area is 202 Å². The molecular weight excluding hydrogens is 458 g/mol. The summed E-state index contributed by atoms with van der Waals surface area (Å²) < 4.78 is 6.28. The first-order valence-corrected chi connectivity index (χ1v) is 12.4. The highest BCUT2D eigenvalue weighted by molar-refractivity contribution is 7.22. The molecule has 174 valence electrons. The van der Waals surface area contributed by atoms with E-state index >= 15 is 0 Å². The van der Waals surface area contributed by atoms with Crippen LogP contribution in [0.4, 0.5) is 5.13 Å². The standard InChI is InChI=1S/C25H28ClN3O3S/c1-16-9-11-29(12-10-16)15-17-3-5-20-23(13-17)33-25(27-20)28-24(31)8-6-21(30)19-14-18(26)4-7-22(19)32-2/h3-5,7,13-14,16H,6,8-12,15H2,1-2H3,(H,27,28,31). The number of fused-ring (bicyclic) bond motifs is 1. The summed E-state index contributed by atoms with van der Waals surface area (Å²) in [7, 11) is 1.50. The first kappa shape index (κ1) is 23.7. The van der Waals surface area contributed by atoms with Gasteiger partial charge in [-0.3, -0.25) is 14.5 Å². The van der Waals surface area contributed by atoms with Crippen LogP contribution in [0.25, 0.3) is 10.2 Å². The summed E-state index contributed by atoms with van der Waals surface area (Å²) in [5, 5.41) is 3.83. The lowest BCUT2D eigenvalue weighted by Gasteiger charge is -2.30. The highest BCUT2D eigenvalue weighted by Gasteiger charge is 2.17. The molecule has 1 fully saturated rings. The van der Waals surface area contributed by atoms with Crippen molar-refractivity contribution in [3.05, 3.63) is 52.5 Å². The van der Waals surface area contributed by atoms with E-state index in [2.05, 4.69) is 34.3 Å². The molecule has 0 aliphatic carbocycles. The van der Waals surface area contributed by atoms with Crippen molar-refractivity contribution in [3.63, 3.8) is 0 Å². The summed E-state index contributed by atoms with van der Waals surface area (Å²) in [6.07, 6.45) is 2.63. The van der Waals surface area contributed by atoms with E-state index in [0.29, 0.717) is 21.5 Å². The molecule has 2 heterocycles. The molecule has 0 unspecified atom stereocenters. The highest BCUT2D eigenvalue weighted by atomic mass is 35.5. The van der Waals surface area contributed by atoms with Gasteiger partial charge >= 0.3 is 0 Å². The molecule has 0 saturated carbocycles. The maximum atomic E-state index is 12.6. The summed E-state index contributed by atoms with van der Waals surface area (Å²) in [5.41, 5.74) is 2.51. The van der Waals surface area contributed by atoms with Gasteiger partial charge in [-0.25, -0.2) is 4.98 Å². The topological polar surface area (TPSA) is 71.5 Å². The number of benzene rings is 2. The molecule has 1 saturated heterocycles. The Morgan fingerprint density at radius 1 is 1.18 bits per heavy atom. The van der Waals surface area contributed by atoms with E-state index < -0.39 is 0 Å². The summed E-state index contributed by atoms with van der Waals surface area (Å²) in [5.74, 6) is 0.835. The third kappa shape index (κ3) is 6.10. The molecule has 1 aromatic heterocycles. The maximum absolute atomic E-state index is 12.6. The zero-order valence-electron chi connectivity index (χ0n) is 18.9. The number of amides is 1. The number of hydrogen-bond donors (Lipinski definition) is 1. The Morgan fingerprint density at radius 2 is 1.97 bits per heavy atom. The molecule has 2 aromatic carbocycles. The number of rotatable bonds is 8. The van der Waals surface area contributed by atoms with Gasteiger partial charge in [0, 0.05) is 24.4 Å². The minimum atomic E-state index is -0.244. The van der Waals surface area contributed by atoms with Gasteiger partial charge in [-0.1, -0.05) is 35.9 Å². The second kappa shape index (κ2) is 10.6. The van der Waals surface area contributed by atoms with Gasteiger partial charge < -0.3 is 10.1 Å². The third-order valence-corrected chi connectivity index (χ3v) is 7.19. The first-order valence-electron chi connectivity index (χ1n) is 11.2. The quantitative estimate of drug-likeness (QED) is 0.409. The molecule has 8 heteroatoms. The van der Waals surface area contributed by atoms with Gasteiger partial charge in [-0.2, -0.15) is 0 Å². The molecule has 0 radical (unpaired) electrons. The Kier molecular flexibility index (Phi) is 7.63. The Balaban J connectivity index is 1.34. The van der Waals surface area contributed by atoms with Gasteiger partial charge in [0.25, 0.3) is 0 Å². The number of carbonyl (C=O) groups excluding carboxylic acids is 2. The van der Waals surface area contributed by atoms with Crippen molar-refractivity contribution in [1.82, 2.24) is 9.88 Å². The van der Waals surface area contributed by atoms with Gasteiger partial charge in [-0.15, -0.1) is 0 Å². The number of thiazole rings is 1. The van der Waals surface area contributed by atoms with E-state index in [0.717, 1.165) is 35.8 Å². The maximum Gasteiger partial charge on any atom is 0.226 e. The number of Topliss-reactive ketones (excluding diaryl/α,β-unsaturated/α-hetero) is 1. The molecule has 1 amide bonds. The number of methoxy groups -OCH3 is 1. The van der Waals surface area contributed by atoms with Crippen LogP contribution in [0, 0.1) is 5.92 Å². The largest absolute Gasteiger partial charge is 0.496 e. The van der Waals surface area contributed by atoms with Crippen LogP contribution in [0.1, 0.15) is 48.5 Å². The molecule has 6 nitrogen and oxygen atoms in total. The summed E-state index contributed by atoms with van der Waals surface area (Å²) in [6, 6.07) is 11.2. The number of halogens is 1. The molecule has 0 spiro atoms. The van der Waals surface area contributed by atoms with Crippen LogP contribution in [-0.4, -0.2) is 41.8 Å². The fourth-order valence-electron chi connectivity index (χ4n) is 4.04. The predicted octanol–water partition coefficient (Wildman–Crippen LogP) is 5.79. The number of hydrogen-bond acceptors (Lipinski definition) is 6. The smallest absolute Gasteiger partial charge is 0.226 e. The zero-order chi connectivity index (χ0) is 23.4. The second-order valence-electron chi connectivity index (χ2n) is 8.60. The van der Waals surface area contributed by atoms with Crippen molar-refractivity contribution < 1.29 is 14.3 Å². The molecule has 33 heavy (non-hydrogen) atoms. The minimum Gasteiger partial charge on any atom is -0.496 e. The van der Waals surface area contributed by atoms with E-state index in [9.17, 15) is 9.59 Å². The average molecular weight is 486 g/mol. The molecule has 0 bridgehead atoms. The van der Waals surface area contributed by atoms with Crippen LogP contribution < -0.4 is 10.1 Å². The fraction of sp³-hybridized carbons (Fsp3) is 0.400. The second-order valence-corrected chi connectivity index (χ2v) is 10.1. The van der Waals surface area contributed by atoms with Crippen molar-refractivity contribution in [1.29, 1.82) is 0 Å².